The molecule has 0 spiro atoms. The molecule has 1 aromatic heterocycles. The highest BCUT2D eigenvalue weighted by Crippen LogP contribution is 2.24. The fourth-order valence-corrected chi connectivity index (χ4v) is 3.19. The molecule has 3 rings (SSSR count). The molecule has 2 aromatic carbocycles. The van der Waals surface area contributed by atoms with Gasteiger partial charge in [-0.2, -0.15) is 0 Å². The highest BCUT2D eigenvalue weighted by molar-refractivity contribution is 5.69. The van der Waals surface area contributed by atoms with E-state index in [-0.39, 0.29) is 12.6 Å². The highest BCUT2D eigenvalue weighted by Gasteiger charge is 2.02. The van der Waals surface area contributed by atoms with Crippen molar-refractivity contribution < 1.29 is 4.39 Å². The zero-order valence-corrected chi connectivity index (χ0v) is 17.0. The van der Waals surface area contributed by atoms with E-state index in [2.05, 4.69) is 78.3 Å². The van der Waals surface area contributed by atoms with Gasteiger partial charge in [0, 0.05) is 11.8 Å². The third-order valence-electron chi connectivity index (χ3n) is 5.03. The molecule has 1 heterocycles. The van der Waals surface area contributed by atoms with Crippen LogP contribution in [0.4, 0.5) is 4.39 Å². The van der Waals surface area contributed by atoms with E-state index in [1.54, 1.807) is 0 Å². The van der Waals surface area contributed by atoms with Gasteiger partial charge in [-0.05, 0) is 53.5 Å². The molecule has 0 fully saturated rings. The van der Waals surface area contributed by atoms with Crippen molar-refractivity contribution in [3.8, 4) is 22.4 Å². The first-order valence-corrected chi connectivity index (χ1v) is 10.2. The van der Waals surface area contributed by atoms with Gasteiger partial charge in [0.2, 0.25) is 0 Å². The Kier molecular flexibility index (Phi) is 7.52. The van der Waals surface area contributed by atoms with Crippen molar-refractivity contribution in [2.75, 3.05) is 6.67 Å². The Morgan fingerprint density at radius 3 is 2.17 bits per heavy atom. The summed E-state index contributed by atoms with van der Waals surface area (Å²) in [6, 6.07) is 21.2. The summed E-state index contributed by atoms with van der Waals surface area (Å²) < 4.78 is 12.5. The number of nitrogens with zero attached hydrogens (tertiary/aromatic N) is 1. The smallest absolute Gasteiger partial charge is 0.0920 e. The second kappa shape index (κ2) is 10.5. The minimum absolute atomic E-state index is 0.133. The topological polar surface area (TPSA) is 12.9 Å². The maximum absolute atomic E-state index is 12.5. The Bertz CT molecular complexity index is 922. The molecule has 1 atom stereocenters. The summed E-state index contributed by atoms with van der Waals surface area (Å²) >= 11 is 0. The lowest BCUT2D eigenvalue weighted by Gasteiger charge is -2.06. The summed E-state index contributed by atoms with van der Waals surface area (Å²) in [5, 5.41) is 0. The van der Waals surface area contributed by atoms with E-state index >= 15 is 0 Å². The van der Waals surface area contributed by atoms with E-state index < -0.39 is 0 Å². The van der Waals surface area contributed by atoms with Crippen LogP contribution in [0.25, 0.3) is 28.5 Å². The van der Waals surface area contributed by atoms with Crippen molar-refractivity contribution in [1.29, 1.82) is 0 Å². The van der Waals surface area contributed by atoms with Gasteiger partial charge in [-0.3, -0.25) is 9.37 Å². The van der Waals surface area contributed by atoms with Crippen LogP contribution < -0.4 is 0 Å². The molecule has 148 valence electrons. The van der Waals surface area contributed by atoms with Crippen LogP contribution in [0.3, 0.4) is 0 Å². The Hall–Kier alpha value is -3.00. The summed E-state index contributed by atoms with van der Waals surface area (Å²) in [5.41, 5.74) is 6.81. The van der Waals surface area contributed by atoms with Crippen LogP contribution in [0.2, 0.25) is 0 Å². The van der Waals surface area contributed by atoms with E-state index in [0.29, 0.717) is 0 Å². The summed E-state index contributed by atoms with van der Waals surface area (Å²) in [7, 11) is 0. The average Bonchev–Trinajstić information content (AvgIpc) is 2.78. The fourth-order valence-electron chi connectivity index (χ4n) is 3.19. The molecule has 1 unspecified atom stereocenters. The third-order valence-corrected chi connectivity index (χ3v) is 5.03. The molecule has 0 aliphatic carbocycles. The number of pyridine rings is 1. The normalized spacial score (nSPS) is 12.2. The summed E-state index contributed by atoms with van der Waals surface area (Å²) in [5.74, 6) is 0.133. The van der Waals surface area contributed by atoms with Crippen molar-refractivity contribution in [1.82, 2.24) is 4.98 Å². The number of aromatic nitrogens is 1. The van der Waals surface area contributed by atoms with Gasteiger partial charge in [0.1, 0.15) is 0 Å². The molecular formula is C27H28FN. The third kappa shape index (κ3) is 5.99. The van der Waals surface area contributed by atoms with Crippen LogP contribution in [0.15, 0.2) is 85.6 Å². The van der Waals surface area contributed by atoms with Crippen LogP contribution in [0.1, 0.15) is 30.9 Å². The molecule has 1 nitrogen and oxygen atoms in total. The molecule has 0 aliphatic heterocycles. The van der Waals surface area contributed by atoms with Gasteiger partial charge in [-0.25, -0.2) is 0 Å². The van der Waals surface area contributed by atoms with Crippen LogP contribution in [0, 0.1) is 5.92 Å². The highest BCUT2D eigenvalue weighted by atomic mass is 19.1. The molecule has 0 aliphatic rings. The lowest BCUT2D eigenvalue weighted by Crippen LogP contribution is -1.94. The van der Waals surface area contributed by atoms with E-state index in [1.165, 1.54) is 16.7 Å². The first kappa shape index (κ1) is 20.7. The maximum Gasteiger partial charge on any atom is 0.0920 e. The molecule has 0 bridgehead atoms. The van der Waals surface area contributed by atoms with Gasteiger partial charge in [-0.15, -0.1) is 6.58 Å². The number of hydrogen-bond donors (Lipinski definition) is 0. The molecule has 29 heavy (non-hydrogen) atoms. The largest absolute Gasteiger partial charge is 0.256 e. The van der Waals surface area contributed by atoms with E-state index in [4.69, 9.17) is 0 Å². The Morgan fingerprint density at radius 1 is 0.931 bits per heavy atom. The lowest BCUT2D eigenvalue weighted by atomic mass is 10.0. The second-order valence-corrected chi connectivity index (χ2v) is 7.48. The first-order valence-electron chi connectivity index (χ1n) is 10.2. The van der Waals surface area contributed by atoms with Crippen molar-refractivity contribution in [3.63, 3.8) is 0 Å². The predicted octanol–water partition coefficient (Wildman–Crippen LogP) is 7.54. The number of alkyl halides is 1. The summed E-state index contributed by atoms with van der Waals surface area (Å²) in [4.78, 5) is 4.59. The van der Waals surface area contributed by atoms with Gasteiger partial charge in [0.15, 0.2) is 0 Å². The Morgan fingerprint density at radius 2 is 1.59 bits per heavy atom. The zero-order valence-electron chi connectivity index (χ0n) is 17.0. The summed E-state index contributed by atoms with van der Waals surface area (Å²) in [6.07, 6.45) is 10.6. The molecule has 0 amide bonds. The van der Waals surface area contributed by atoms with Crippen molar-refractivity contribution in [2.24, 2.45) is 5.92 Å². The molecule has 2 heteroatoms. The number of halogens is 1. The van der Waals surface area contributed by atoms with Crippen LogP contribution in [-0.4, -0.2) is 11.7 Å². The van der Waals surface area contributed by atoms with E-state index in [9.17, 15) is 4.39 Å². The monoisotopic (exact) mass is 385 g/mol. The minimum Gasteiger partial charge on any atom is -0.256 e. The van der Waals surface area contributed by atoms with Crippen LogP contribution >= 0.6 is 0 Å². The molecule has 0 saturated carbocycles. The van der Waals surface area contributed by atoms with Crippen molar-refractivity contribution in [3.05, 3.63) is 96.7 Å². The molecular weight excluding hydrogens is 357 g/mol. The lowest BCUT2D eigenvalue weighted by molar-refractivity contribution is 0.368. The van der Waals surface area contributed by atoms with E-state index in [0.717, 1.165) is 36.1 Å². The van der Waals surface area contributed by atoms with Crippen LogP contribution in [-0.2, 0) is 6.42 Å². The quantitative estimate of drug-likeness (QED) is 0.347. The number of rotatable bonds is 9. The summed E-state index contributed by atoms with van der Waals surface area (Å²) in [6.45, 7) is 5.48. The predicted molar refractivity (Wildman–Crippen MR) is 122 cm³/mol. The Labute approximate surface area is 173 Å². The molecule has 0 saturated heterocycles. The first-order chi connectivity index (χ1) is 14.2. The Balaban J connectivity index is 1.63. The van der Waals surface area contributed by atoms with Gasteiger partial charge in [0.05, 0.1) is 12.4 Å². The van der Waals surface area contributed by atoms with Gasteiger partial charge in [0.25, 0.3) is 0 Å². The van der Waals surface area contributed by atoms with Gasteiger partial charge in [-0.1, -0.05) is 79.7 Å². The fraction of sp³-hybridized carbons (Fsp3) is 0.222. The van der Waals surface area contributed by atoms with Crippen LogP contribution in [0.5, 0.6) is 0 Å². The second-order valence-electron chi connectivity index (χ2n) is 7.48. The molecule has 3 aromatic rings. The van der Waals surface area contributed by atoms with Gasteiger partial charge >= 0.3 is 0 Å². The van der Waals surface area contributed by atoms with Gasteiger partial charge < -0.3 is 0 Å². The maximum atomic E-state index is 12.5. The minimum atomic E-state index is -0.247. The van der Waals surface area contributed by atoms with E-state index in [1.807, 2.05) is 25.3 Å². The zero-order chi connectivity index (χ0) is 20.5. The van der Waals surface area contributed by atoms with Crippen molar-refractivity contribution in [2.45, 2.75) is 26.2 Å². The standard InChI is InChI=1S/C27H28FN/c1-3-6-22-9-12-24(13-10-22)25-14-16-26(17-15-25)27-18-11-23(20-29-27)8-5-4-7-21(2)19-28/h3,5,8-18,20-21H,1,4,6-7,19H2,2H3. The number of allylic oxidation sites excluding steroid dienone is 2. The number of benzene rings is 2. The average molecular weight is 386 g/mol. The van der Waals surface area contributed by atoms with Crippen molar-refractivity contribution >= 4 is 6.08 Å². The molecule has 0 radical (unpaired) electrons. The molecule has 0 N–H and O–H groups in total. The SMILES string of the molecule is C=CCc1ccc(-c2ccc(-c3ccc(C=CCCC(C)CF)cn3)cc2)cc1. The number of hydrogen-bond acceptors (Lipinski definition) is 1.